The predicted molar refractivity (Wildman–Crippen MR) is 267 cm³/mol. The van der Waals surface area contributed by atoms with Crippen molar-refractivity contribution in [1.82, 2.24) is 0 Å². The quantitative estimate of drug-likeness (QED) is 0.148. The molecule has 1 heteroatoms. The molecule has 1 atom stereocenters. The van der Waals surface area contributed by atoms with E-state index in [0.717, 1.165) is 17.1 Å². The zero-order valence-electron chi connectivity index (χ0n) is 35.7. The lowest BCUT2D eigenvalue weighted by Gasteiger charge is -2.34. The Hall–Kier alpha value is -8.00. The summed E-state index contributed by atoms with van der Waals surface area (Å²) >= 11 is 0. The largest absolute Gasteiger partial charge is 0.310 e. The second kappa shape index (κ2) is 15.1. The van der Waals surface area contributed by atoms with Crippen molar-refractivity contribution in [2.45, 2.75) is 17.8 Å². The van der Waals surface area contributed by atoms with Crippen LogP contribution in [0.3, 0.4) is 0 Å². The summed E-state index contributed by atoms with van der Waals surface area (Å²) in [5.41, 5.74) is 21.5. The number of fused-ring (bicyclic) bond motifs is 6. The molecule has 0 amide bonds. The van der Waals surface area contributed by atoms with E-state index in [1.807, 2.05) is 0 Å². The fourth-order valence-corrected chi connectivity index (χ4v) is 11.2. The summed E-state index contributed by atoms with van der Waals surface area (Å²) < 4.78 is 0. The summed E-state index contributed by atoms with van der Waals surface area (Å²) in [6.45, 7) is 2.40. The van der Waals surface area contributed by atoms with Crippen molar-refractivity contribution in [1.29, 1.82) is 0 Å². The van der Waals surface area contributed by atoms with Crippen LogP contribution in [-0.4, -0.2) is 0 Å². The average molecular weight is 816 g/mol. The van der Waals surface area contributed by atoms with Gasteiger partial charge in [0.05, 0.1) is 11.1 Å². The molecule has 0 aromatic heterocycles. The van der Waals surface area contributed by atoms with Crippen molar-refractivity contribution in [3.05, 3.63) is 294 Å². The van der Waals surface area contributed by atoms with Crippen molar-refractivity contribution < 1.29 is 0 Å². The Kier molecular flexibility index (Phi) is 8.91. The molecular formula is C63H45N. The summed E-state index contributed by atoms with van der Waals surface area (Å²) in [5, 5.41) is 0. The SMILES string of the molecule is CC1(c2ccccc2)c2ccccc2-c2ccc(N(c3ccc(-c4ccccc4)cc3)c3ccccc3-c3cccc4c3-c3ccccc3C4(c3ccccc3)c3ccccc3)cc21. The molecule has 0 heterocycles. The first kappa shape index (κ1) is 37.7. The highest BCUT2D eigenvalue weighted by molar-refractivity contribution is 6.00. The molecule has 0 fully saturated rings. The van der Waals surface area contributed by atoms with Crippen LogP contribution in [0.2, 0.25) is 0 Å². The predicted octanol–water partition coefficient (Wildman–Crippen LogP) is 16.2. The van der Waals surface area contributed by atoms with Crippen LogP contribution in [0.25, 0.3) is 44.5 Å². The second-order valence-corrected chi connectivity index (χ2v) is 17.3. The minimum atomic E-state index is -0.497. The lowest BCUT2D eigenvalue weighted by Crippen LogP contribution is -2.28. The van der Waals surface area contributed by atoms with Crippen LogP contribution >= 0.6 is 0 Å². The van der Waals surface area contributed by atoms with Gasteiger partial charge in [0, 0.05) is 22.4 Å². The standard InChI is InChI=1S/C63H45N/c1-62(46-23-8-3-9-24-46)56-33-17-14-29-51(56)52-42-41-50(43-59(52)62)64(49-39-37-45(38-40-49)44-21-6-2-7-22-44)60-36-19-16-30-53(60)54-32-20-35-58-61(54)55-31-15-18-34-57(55)63(58,47-25-10-4-11-26-47)48-27-12-5-13-28-48/h2-43H,1H3. The maximum Gasteiger partial charge on any atom is 0.0713 e. The van der Waals surface area contributed by atoms with Crippen LogP contribution < -0.4 is 4.90 Å². The van der Waals surface area contributed by atoms with E-state index in [2.05, 4.69) is 267 Å². The minimum Gasteiger partial charge on any atom is -0.310 e. The molecule has 0 saturated heterocycles. The van der Waals surface area contributed by atoms with E-state index >= 15 is 0 Å². The van der Waals surface area contributed by atoms with Crippen molar-refractivity contribution in [3.63, 3.8) is 0 Å². The zero-order valence-corrected chi connectivity index (χ0v) is 35.7. The van der Waals surface area contributed by atoms with E-state index in [1.54, 1.807) is 0 Å². The van der Waals surface area contributed by atoms with Crippen molar-refractivity contribution in [3.8, 4) is 44.5 Å². The van der Waals surface area contributed by atoms with E-state index < -0.39 is 5.41 Å². The summed E-state index contributed by atoms with van der Waals surface area (Å²) in [7, 11) is 0. The summed E-state index contributed by atoms with van der Waals surface area (Å²) in [6, 6.07) is 94.1. The molecule has 1 nitrogen and oxygen atoms in total. The van der Waals surface area contributed by atoms with Crippen LogP contribution in [-0.2, 0) is 10.8 Å². The van der Waals surface area contributed by atoms with Gasteiger partial charge in [0.1, 0.15) is 0 Å². The van der Waals surface area contributed by atoms with Gasteiger partial charge in [-0.3, -0.25) is 0 Å². The van der Waals surface area contributed by atoms with Gasteiger partial charge in [-0.25, -0.2) is 0 Å². The highest BCUT2D eigenvalue weighted by atomic mass is 15.1. The first-order valence-corrected chi connectivity index (χ1v) is 22.3. The molecule has 0 saturated carbocycles. The van der Waals surface area contributed by atoms with Gasteiger partial charge in [-0.15, -0.1) is 0 Å². The third-order valence-corrected chi connectivity index (χ3v) is 14.1. The van der Waals surface area contributed by atoms with E-state index in [0.29, 0.717) is 0 Å². The first-order chi connectivity index (χ1) is 31.7. The molecule has 0 aliphatic heterocycles. The third kappa shape index (κ3) is 5.64. The van der Waals surface area contributed by atoms with Gasteiger partial charge in [-0.2, -0.15) is 0 Å². The van der Waals surface area contributed by atoms with E-state index in [-0.39, 0.29) is 5.41 Å². The van der Waals surface area contributed by atoms with Crippen molar-refractivity contribution in [2.75, 3.05) is 4.90 Å². The van der Waals surface area contributed by atoms with E-state index in [4.69, 9.17) is 0 Å². The van der Waals surface area contributed by atoms with Gasteiger partial charge in [-0.1, -0.05) is 224 Å². The Bertz CT molecular complexity index is 3280. The van der Waals surface area contributed by atoms with Crippen molar-refractivity contribution in [2.24, 2.45) is 0 Å². The molecule has 2 aliphatic carbocycles. The van der Waals surface area contributed by atoms with Crippen LogP contribution in [0.1, 0.15) is 45.9 Å². The molecular weight excluding hydrogens is 771 g/mol. The van der Waals surface area contributed by atoms with E-state index in [9.17, 15) is 0 Å². The zero-order chi connectivity index (χ0) is 42.7. The van der Waals surface area contributed by atoms with Gasteiger partial charge in [0.25, 0.3) is 0 Å². The molecule has 10 aromatic carbocycles. The molecule has 12 rings (SSSR count). The maximum atomic E-state index is 2.49. The van der Waals surface area contributed by atoms with Gasteiger partial charge in [-0.05, 0) is 115 Å². The fraction of sp³-hybridized carbons (Fsp3) is 0.0476. The van der Waals surface area contributed by atoms with Gasteiger partial charge in [0.15, 0.2) is 0 Å². The Balaban J connectivity index is 1.10. The second-order valence-electron chi connectivity index (χ2n) is 17.3. The number of benzene rings is 10. The highest BCUT2D eigenvalue weighted by Gasteiger charge is 2.47. The lowest BCUT2D eigenvalue weighted by atomic mass is 9.67. The highest BCUT2D eigenvalue weighted by Crippen LogP contribution is 2.60. The van der Waals surface area contributed by atoms with Crippen LogP contribution in [0.4, 0.5) is 17.1 Å². The molecule has 0 N–H and O–H groups in total. The molecule has 0 radical (unpaired) electrons. The van der Waals surface area contributed by atoms with E-state index in [1.165, 1.54) is 83.5 Å². The smallest absolute Gasteiger partial charge is 0.0713 e. The lowest BCUT2D eigenvalue weighted by molar-refractivity contribution is 0.714. The fourth-order valence-electron chi connectivity index (χ4n) is 11.2. The first-order valence-electron chi connectivity index (χ1n) is 22.3. The van der Waals surface area contributed by atoms with Crippen LogP contribution in [0, 0.1) is 0 Å². The van der Waals surface area contributed by atoms with Crippen LogP contribution in [0.15, 0.2) is 255 Å². The molecule has 302 valence electrons. The molecule has 10 aromatic rings. The number of hydrogen-bond donors (Lipinski definition) is 0. The number of para-hydroxylation sites is 1. The summed E-state index contributed by atoms with van der Waals surface area (Å²) in [6.07, 6.45) is 0. The van der Waals surface area contributed by atoms with Crippen LogP contribution in [0.5, 0.6) is 0 Å². The Labute approximate surface area is 376 Å². The number of hydrogen-bond acceptors (Lipinski definition) is 1. The van der Waals surface area contributed by atoms with Crippen molar-refractivity contribution >= 4 is 17.1 Å². The minimum absolute atomic E-state index is 0.340. The number of rotatable bonds is 8. The monoisotopic (exact) mass is 815 g/mol. The molecule has 0 spiro atoms. The average Bonchev–Trinajstić information content (AvgIpc) is 3.83. The molecule has 2 aliphatic rings. The summed E-state index contributed by atoms with van der Waals surface area (Å²) in [4.78, 5) is 2.49. The Morgan fingerprint density at radius 3 is 1.44 bits per heavy atom. The normalized spacial score (nSPS) is 15.1. The Morgan fingerprint density at radius 1 is 0.297 bits per heavy atom. The third-order valence-electron chi connectivity index (χ3n) is 14.1. The number of nitrogens with zero attached hydrogens (tertiary/aromatic N) is 1. The molecule has 64 heavy (non-hydrogen) atoms. The van der Waals surface area contributed by atoms with Gasteiger partial charge >= 0.3 is 0 Å². The molecule has 0 bridgehead atoms. The maximum absolute atomic E-state index is 2.49. The number of anilines is 3. The van der Waals surface area contributed by atoms with Gasteiger partial charge < -0.3 is 4.90 Å². The topological polar surface area (TPSA) is 3.24 Å². The molecule has 1 unspecified atom stereocenters. The Morgan fingerprint density at radius 2 is 0.766 bits per heavy atom. The van der Waals surface area contributed by atoms with Gasteiger partial charge in [0.2, 0.25) is 0 Å². The summed E-state index contributed by atoms with van der Waals surface area (Å²) in [5.74, 6) is 0.